The summed E-state index contributed by atoms with van der Waals surface area (Å²) in [5.74, 6) is 0.619. The molecule has 2 aromatic carbocycles. The molecule has 1 aliphatic rings. The zero-order valence-electron chi connectivity index (χ0n) is 22.1. The number of fused-ring (bicyclic) bond motifs is 1. The van der Waals surface area contributed by atoms with Gasteiger partial charge in [-0.05, 0) is 81.6 Å². The molecule has 9 heteroatoms. The lowest BCUT2D eigenvalue weighted by Gasteiger charge is -2.27. The van der Waals surface area contributed by atoms with Crippen LogP contribution in [0.1, 0.15) is 30.5 Å². The molecule has 0 saturated carbocycles. The lowest BCUT2D eigenvalue weighted by Crippen LogP contribution is -2.35. The zero-order chi connectivity index (χ0) is 27.2. The first-order valence-electron chi connectivity index (χ1n) is 13.1. The van der Waals surface area contributed by atoms with Gasteiger partial charge in [0.1, 0.15) is 18.5 Å². The van der Waals surface area contributed by atoms with Gasteiger partial charge in [0.2, 0.25) is 0 Å². The van der Waals surface area contributed by atoms with Crippen LogP contribution in [-0.4, -0.2) is 50.6 Å². The van der Waals surface area contributed by atoms with E-state index < -0.39 is 22.5 Å². The van der Waals surface area contributed by atoms with Crippen molar-refractivity contribution in [3.8, 4) is 17.0 Å². The standard InChI is InChI=1S/C30H32N2O6S/c1-21-6-12-27(13-7-21)39(33,34)37-20-26(38-30-5-3-4-16-35-30)19-36-25-11-15-28-23(17-25)10-14-29(32-28)24-9-8-22(2)31-18-24/h6-15,17-18,26,30H,3-5,16,19-20H2,1-2H3/t26-,30?/m0/s1. The Morgan fingerprint density at radius 1 is 0.974 bits per heavy atom. The summed E-state index contributed by atoms with van der Waals surface area (Å²) in [7, 11) is -3.94. The molecule has 4 aromatic rings. The Morgan fingerprint density at radius 2 is 1.82 bits per heavy atom. The van der Waals surface area contributed by atoms with Crippen molar-refractivity contribution in [3.05, 3.63) is 84.2 Å². The number of benzene rings is 2. The number of rotatable bonds is 10. The highest BCUT2D eigenvalue weighted by Crippen LogP contribution is 2.25. The van der Waals surface area contributed by atoms with Crippen molar-refractivity contribution >= 4 is 21.0 Å². The molecule has 0 spiro atoms. The first kappa shape index (κ1) is 27.2. The van der Waals surface area contributed by atoms with Crippen molar-refractivity contribution < 1.29 is 26.8 Å². The Kier molecular flexibility index (Phi) is 8.52. The summed E-state index contributed by atoms with van der Waals surface area (Å²) in [4.78, 5) is 9.21. The molecule has 0 N–H and O–H groups in total. The van der Waals surface area contributed by atoms with E-state index in [9.17, 15) is 8.42 Å². The van der Waals surface area contributed by atoms with E-state index in [0.717, 1.165) is 52.7 Å². The van der Waals surface area contributed by atoms with Crippen LogP contribution in [0.15, 0.2) is 77.8 Å². The molecule has 1 aliphatic heterocycles. The van der Waals surface area contributed by atoms with Crippen LogP contribution in [0.4, 0.5) is 0 Å². The molecule has 0 bridgehead atoms. The fourth-order valence-electron chi connectivity index (χ4n) is 4.26. The van der Waals surface area contributed by atoms with Crippen molar-refractivity contribution in [1.29, 1.82) is 0 Å². The smallest absolute Gasteiger partial charge is 0.297 e. The van der Waals surface area contributed by atoms with Crippen LogP contribution < -0.4 is 4.74 Å². The number of hydrogen-bond acceptors (Lipinski definition) is 8. The SMILES string of the molecule is Cc1ccc(S(=O)(=O)OC[C@H](COc2ccc3nc(-c4ccc(C)nc4)ccc3c2)OC2CCCCO2)cc1. The highest BCUT2D eigenvalue weighted by Gasteiger charge is 2.24. The van der Waals surface area contributed by atoms with E-state index in [1.165, 1.54) is 12.1 Å². The molecule has 0 aliphatic carbocycles. The van der Waals surface area contributed by atoms with Crippen LogP contribution in [0, 0.1) is 13.8 Å². The maximum atomic E-state index is 12.7. The van der Waals surface area contributed by atoms with Crippen molar-refractivity contribution in [2.75, 3.05) is 19.8 Å². The van der Waals surface area contributed by atoms with E-state index in [4.69, 9.17) is 23.4 Å². The fourth-order valence-corrected chi connectivity index (χ4v) is 5.20. The average Bonchev–Trinajstić information content (AvgIpc) is 2.95. The molecule has 5 rings (SSSR count). The van der Waals surface area contributed by atoms with Gasteiger partial charge in [-0.25, -0.2) is 4.98 Å². The van der Waals surface area contributed by atoms with Gasteiger partial charge in [0, 0.05) is 29.4 Å². The van der Waals surface area contributed by atoms with Crippen LogP contribution in [0.25, 0.3) is 22.2 Å². The summed E-state index contributed by atoms with van der Waals surface area (Å²) in [6.45, 7) is 4.35. The van der Waals surface area contributed by atoms with Crippen LogP contribution in [0.3, 0.4) is 0 Å². The fraction of sp³-hybridized carbons (Fsp3) is 0.333. The van der Waals surface area contributed by atoms with Gasteiger partial charge >= 0.3 is 0 Å². The van der Waals surface area contributed by atoms with Gasteiger partial charge in [-0.2, -0.15) is 8.42 Å². The summed E-state index contributed by atoms with van der Waals surface area (Å²) < 4.78 is 48.7. The zero-order valence-corrected chi connectivity index (χ0v) is 22.9. The second-order valence-corrected chi connectivity index (χ2v) is 11.3. The molecule has 39 heavy (non-hydrogen) atoms. The highest BCUT2D eigenvalue weighted by atomic mass is 32.2. The lowest BCUT2D eigenvalue weighted by atomic mass is 10.1. The number of aryl methyl sites for hydroxylation is 2. The molecule has 3 heterocycles. The molecule has 204 valence electrons. The van der Waals surface area contributed by atoms with Gasteiger partial charge in [0.25, 0.3) is 10.1 Å². The quantitative estimate of drug-likeness (QED) is 0.236. The summed E-state index contributed by atoms with van der Waals surface area (Å²) in [6.07, 6.45) is 3.44. The normalized spacial score (nSPS) is 16.7. The number of nitrogens with zero attached hydrogens (tertiary/aromatic N) is 2. The Hall–Kier alpha value is -3.37. The largest absolute Gasteiger partial charge is 0.491 e. The van der Waals surface area contributed by atoms with E-state index in [2.05, 4.69) is 4.98 Å². The molecule has 1 fully saturated rings. The number of aromatic nitrogens is 2. The Morgan fingerprint density at radius 3 is 2.56 bits per heavy atom. The topological polar surface area (TPSA) is 96.8 Å². The minimum atomic E-state index is -3.94. The van der Waals surface area contributed by atoms with Crippen LogP contribution >= 0.6 is 0 Å². The third-order valence-corrected chi connectivity index (χ3v) is 7.80. The highest BCUT2D eigenvalue weighted by molar-refractivity contribution is 7.86. The third-order valence-electron chi connectivity index (χ3n) is 6.50. The maximum Gasteiger partial charge on any atom is 0.297 e. The molecule has 0 amide bonds. The first-order chi connectivity index (χ1) is 18.9. The minimum Gasteiger partial charge on any atom is -0.491 e. The Bertz CT molecular complexity index is 1500. The van der Waals surface area contributed by atoms with Gasteiger partial charge in [-0.3, -0.25) is 9.17 Å². The summed E-state index contributed by atoms with van der Waals surface area (Å²) in [5, 5.41) is 0.919. The second kappa shape index (κ2) is 12.2. The van der Waals surface area contributed by atoms with Crippen molar-refractivity contribution in [3.63, 3.8) is 0 Å². The van der Waals surface area contributed by atoms with E-state index >= 15 is 0 Å². The maximum absolute atomic E-state index is 12.7. The summed E-state index contributed by atoms with van der Waals surface area (Å²) in [5.41, 5.74) is 4.55. The van der Waals surface area contributed by atoms with Crippen molar-refractivity contribution in [2.45, 2.75) is 50.4 Å². The van der Waals surface area contributed by atoms with E-state index in [1.807, 2.05) is 62.5 Å². The molecular formula is C30H32N2O6S. The third kappa shape index (κ3) is 7.19. The molecule has 8 nitrogen and oxygen atoms in total. The minimum absolute atomic E-state index is 0.0926. The number of pyridine rings is 2. The molecular weight excluding hydrogens is 516 g/mol. The second-order valence-electron chi connectivity index (χ2n) is 9.66. The summed E-state index contributed by atoms with van der Waals surface area (Å²) >= 11 is 0. The molecule has 1 unspecified atom stereocenters. The van der Waals surface area contributed by atoms with E-state index in [-0.39, 0.29) is 18.1 Å². The van der Waals surface area contributed by atoms with Gasteiger partial charge in [0.05, 0.1) is 22.7 Å². The Labute approximate surface area is 229 Å². The molecule has 1 saturated heterocycles. The van der Waals surface area contributed by atoms with Gasteiger partial charge < -0.3 is 14.2 Å². The van der Waals surface area contributed by atoms with Crippen LogP contribution in [0.2, 0.25) is 0 Å². The number of hydrogen-bond donors (Lipinski definition) is 0. The van der Waals surface area contributed by atoms with Crippen molar-refractivity contribution in [2.24, 2.45) is 0 Å². The van der Waals surface area contributed by atoms with Gasteiger partial charge in [0.15, 0.2) is 6.29 Å². The van der Waals surface area contributed by atoms with Crippen LogP contribution in [0.5, 0.6) is 5.75 Å². The lowest BCUT2D eigenvalue weighted by molar-refractivity contribution is -0.198. The van der Waals surface area contributed by atoms with Crippen molar-refractivity contribution in [1.82, 2.24) is 9.97 Å². The van der Waals surface area contributed by atoms with Crippen LogP contribution in [-0.2, 0) is 23.8 Å². The number of ether oxygens (including phenoxy) is 3. The predicted molar refractivity (Wildman–Crippen MR) is 148 cm³/mol. The Balaban J connectivity index is 1.27. The predicted octanol–water partition coefficient (Wildman–Crippen LogP) is 5.61. The first-order valence-corrected chi connectivity index (χ1v) is 14.5. The molecule has 0 radical (unpaired) electrons. The van der Waals surface area contributed by atoms with E-state index in [1.54, 1.807) is 12.1 Å². The van der Waals surface area contributed by atoms with Gasteiger partial charge in [-0.1, -0.05) is 23.8 Å². The summed E-state index contributed by atoms with van der Waals surface area (Å²) in [6, 6.07) is 20.1. The monoisotopic (exact) mass is 548 g/mol. The average molecular weight is 549 g/mol. The van der Waals surface area contributed by atoms with E-state index in [0.29, 0.717) is 12.4 Å². The van der Waals surface area contributed by atoms with Gasteiger partial charge in [-0.15, -0.1) is 0 Å². The molecule has 2 atom stereocenters. The molecule has 2 aromatic heterocycles.